The molecule has 2 rings (SSSR count). The molecule has 0 fully saturated rings. The van der Waals surface area contributed by atoms with Crippen molar-refractivity contribution in [2.24, 2.45) is 7.05 Å². The third-order valence-corrected chi connectivity index (χ3v) is 4.12. The fourth-order valence-corrected chi connectivity index (χ4v) is 3.02. The number of anilines is 1. The molecule has 0 aliphatic carbocycles. The van der Waals surface area contributed by atoms with Crippen molar-refractivity contribution < 1.29 is 8.42 Å². The highest BCUT2D eigenvalue weighted by Gasteiger charge is 2.18. The zero-order valence-corrected chi connectivity index (χ0v) is 11.6. The standard InChI is InChI=1S/C12H16N4O2S/c1-13-9-10-5-3-4-6-11(10)15-19(17,18)12-7-8-14-16(12)2/h3-8,13,15H,9H2,1-2H3. The number of nitrogens with one attached hydrogen (secondary N) is 2. The van der Waals surface area contributed by atoms with Crippen LogP contribution in [-0.2, 0) is 23.6 Å². The SMILES string of the molecule is CNCc1ccccc1NS(=O)(=O)c1ccnn1C. The largest absolute Gasteiger partial charge is 0.316 e. The number of sulfonamides is 1. The predicted octanol–water partition coefficient (Wildman–Crippen LogP) is 0.940. The van der Waals surface area contributed by atoms with Crippen LogP contribution in [0.5, 0.6) is 0 Å². The molecule has 2 N–H and O–H groups in total. The zero-order valence-electron chi connectivity index (χ0n) is 10.8. The highest BCUT2D eigenvalue weighted by atomic mass is 32.2. The summed E-state index contributed by atoms with van der Waals surface area (Å²) < 4.78 is 28.4. The molecule has 0 unspecified atom stereocenters. The van der Waals surface area contributed by atoms with Crippen LogP contribution in [-0.4, -0.2) is 25.2 Å². The van der Waals surface area contributed by atoms with E-state index in [4.69, 9.17) is 0 Å². The number of aromatic nitrogens is 2. The van der Waals surface area contributed by atoms with Crippen molar-refractivity contribution in [2.75, 3.05) is 11.8 Å². The smallest absolute Gasteiger partial charge is 0.279 e. The lowest BCUT2D eigenvalue weighted by atomic mass is 10.2. The lowest BCUT2D eigenvalue weighted by Crippen LogP contribution is -2.18. The molecule has 0 aliphatic heterocycles. The summed E-state index contributed by atoms with van der Waals surface area (Å²) in [6.45, 7) is 0.587. The second kappa shape index (κ2) is 5.41. The fraction of sp³-hybridized carbons (Fsp3) is 0.250. The first-order valence-corrected chi connectivity index (χ1v) is 7.26. The van der Waals surface area contributed by atoms with Crippen LogP contribution in [0.3, 0.4) is 0 Å². The van der Waals surface area contributed by atoms with Gasteiger partial charge in [0.15, 0.2) is 5.03 Å². The quantitative estimate of drug-likeness (QED) is 0.854. The van der Waals surface area contributed by atoms with Gasteiger partial charge in [0, 0.05) is 13.6 Å². The van der Waals surface area contributed by atoms with E-state index in [1.54, 1.807) is 19.2 Å². The van der Waals surface area contributed by atoms with E-state index in [9.17, 15) is 8.42 Å². The Kier molecular flexibility index (Phi) is 3.87. The summed E-state index contributed by atoms with van der Waals surface area (Å²) in [6, 6.07) is 8.73. The maximum Gasteiger partial charge on any atom is 0.279 e. The average Bonchev–Trinajstić information content (AvgIpc) is 2.79. The van der Waals surface area contributed by atoms with Gasteiger partial charge in [-0.25, -0.2) is 0 Å². The van der Waals surface area contributed by atoms with Crippen molar-refractivity contribution in [1.29, 1.82) is 0 Å². The van der Waals surface area contributed by atoms with Gasteiger partial charge in [-0.3, -0.25) is 9.40 Å². The maximum atomic E-state index is 12.2. The molecule has 0 bridgehead atoms. The molecule has 1 heterocycles. The first-order valence-electron chi connectivity index (χ1n) is 5.78. The van der Waals surface area contributed by atoms with Crippen LogP contribution in [0.2, 0.25) is 0 Å². The van der Waals surface area contributed by atoms with Crippen molar-refractivity contribution in [2.45, 2.75) is 11.6 Å². The van der Waals surface area contributed by atoms with Crippen LogP contribution in [0.25, 0.3) is 0 Å². The Bertz CT molecular complexity index is 664. The predicted molar refractivity (Wildman–Crippen MR) is 73.2 cm³/mol. The number of rotatable bonds is 5. The number of aryl methyl sites for hydroxylation is 1. The van der Waals surface area contributed by atoms with Crippen LogP contribution < -0.4 is 10.0 Å². The van der Waals surface area contributed by atoms with E-state index in [2.05, 4.69) is 15.1 Å². The van der Waals surface area contributed by atoms with Gasteiger partial charge in [-0.1, -0.05) is 18.2 Å². The Labute approximate surface area is 112 Å². The Morgan fingerprint density at radius 1 is 1.26 bits per heavy atom. The van der Waals surface area contributed by atoms with Crippen LogP contribution >= 0.6 is 0 Å². The van der Waals surface area contributed by atoms with Gasteiger partial charge in [0.25, 0.3) is 10.0 Å². The minimum Gasteiger partial charge on any atom is -0.316 e. The second-order valence-electron chi connectivity index (χ2n) is 4.09. The molecule has 0 amide bonds. The highest BCUT2D eigenvalue weighted by molar-refractivity contribution is 7.92. The van der Waals surface area contributed by atoms with Crippen molar-refractivity contribution >= 4 is 15.7 Å². The van der Waals surface area contributed by atoms with E-state index < -0.39 is 10.0 Å². The van der Waals surface area contributed by atoms with Crippen LogP contribution in [0.15, 0.2) is 41.6 Å². The number of hydrogen-bond donors (Lipinski definition) is 2. The second-order valence-corrected chi connectivity index (χ2v) is 5.72. The maximum absolute atomic E-state index is 12.2. The van der Waals surface area contributed by atoms with E-state index in [0.717, 1.165) is 5.56 Å². The van der Waals surface area contributed by atoms with Gasteiger partial charge in [0.05, 0.1) is 11.9 Å². The molecule has 1 aromatic carbocycles. The summed E-state index contributed by atoms with van der Waals surface area (Å²) in [6.07, 6.45) is 1.45. The molecule has 0 atom stereocenters. The van der Waals surface area contributed by atoms with E-state index in [0.29, 0.717) is 12.2 Å². The Hall–Kier alpha value is -1.86. The lowest BCUT2D eigenvalue weighted by molar-refractivity contribution is 0.582. The molecule has 0 saturated heterocycles. The van der Waals surface area contributed by atoms with Crippen molar-refractivity contribution in [3.8, 4) is 0 Å². The molecule has 0 spiro atoms. The summed E-state index contributed by atoms with van der Waals surface area (Å²) in [5.74, 6) is 0. The van der Waals surface area contributed by atoms with Gasteiger partial charge in [0.2, 0.25) is 0 Å². The minimum atomic E-state index is -3.62. The van der Waals surface area contributed by atoms with Gasteiger partial charge >= 0.3 is 0 Å². The highest BCUT2D eigenvalue weighted by Crippen LogP contribution is 2.19. The van der Waals surface area contributed by atoms with Gasteiger partial charge in [-0.2, -0.15) is 13.5 Å². The molecular formula is C12H16N4O2S. The third kappa shape index (κ3) is 2.94. The molecule has 7 heteroatoms. The molecule has 2 aromatic rings. The van der Waals surface area contributed by atoms with Gasteiger partial charge in [0.1, 0.15) is 0 Å². The number of hydrogen-bond acceptors (Lipinski definition) is 4. The molecule has 0 radical (unpaired) electrons. The Balaban J connectivity index is 2.34. The summed E-state index contributed by atoms with van der Waals surface area (Å²) in [7, 11) is -0.216. The number of para-hydroxylation sites is 1. The summed E-state index contributed by atoms with van der Waals surface area (Å²) in [4.78, 5) is 0. The molecule has 6 nitrogen and oxygen atoms in total. The number of benzene rings is 1. The molecule has 0 saturated carbocycles. The molecule has 1 aromatic heterocycles. The summed E-state index contributed by atoms with van der Waals surface area (Å²) >= 11 is 0. The van der Waals surface area contributed by atoms with Crippen molar-refractivity contribution in [3.63, 3.8) is 0 Å². The van der Waals surface area contributed by atoms with E-state index in [1.165, 1.54) is 16.9 Å². The topological polar surface area (TPSA) is 76.0 Å². The van der Waals surface area contributed by atoms with E-state index in [-0.39, 0.29) is 5.03 Å². The molecule has 102 valence electrons. The fourth-order valence-electron chi connectivity index (χ4n) is 1.79. The van der Waals surface area contributed by atoms with Crippen LogP contribution in [0.1, 0.15) is 5.56 Å². The molecule has 0 aliphatic rings. The summed E-state index contributed by atoms with van der Waals surface area (Å²) in [5.41, 5.74) is 1.45. The van der Waals surface area contributed by atoms with Crippen molar-refractivity contribution in [1.82, 2.24) is 15.1 Å². The summed E-state index contributed by atoms with van der Waals surface area (Å²) in [5, 5.41) is 7.00. The Morgan fingerprint density at radius 2 is 2.00 bits per heavy atom. The van der Waals surface area contributed by atoms with Crippen LogP contribution in [0, 0.1) is 0 Å². The van der Waals surface area contributed by atoms with Gasteiger partial charge in [-0.05, 0) is 24.7 Å². The van der Waals surface area contributed by atoms with E-state index >= 15 is 0 Å². The minimum absolute atomic E-state index is 0.131. The molecular weight excluding hydrogens is 264 g/mol. The monoisotopic (exact) mass is 280 g/mol. The van der Waals surface area contributed by atoms with Gasteiger partial charge < -0.3 is 5.32 Å². The van der Waals surface area contributed by atoms with Gasteiger partial charge in [-0.15, -0.1) is 0 Å². The van der Waals surface area contributed by atoms with Crippen LogP contribution in [0.4, 0.5) is 5.69 Å². The normalized spacial score (nSPS) is 11.5. The van der Waals surface area contributed by atoms with E-state index in [1.807, 2.05) is 19.2 Å². The number of nitrogens with zero attached hydrogens (tertiary/aromatic N) is 2. The zero-order chi connectivity index (χ0) is 13.9. The third-order valence-electron chi connectivity index (χ3n) is 2.68. The molecule has 19 heavy (non-hydrogen) atoms. The average molecular weight is 280 g/mol. The first-order chi connectivity index (χ1) is 9.04. The Morgan fingerprint density at radius 3 is 2.63 bits per heavy atom. The van der Waals surface area contributed by atoms with Crippen molar-refractivity contribution in [3.05, 3.63) is 42.1 Å². The first kappa shape index (κ1) is 13.6. The lowest BCUT2D eigenvalue weighted by Gasteiger charge is -2.12.